The maximum absolute atomic E-state index is 9.85. The Morgan fingerprint density at radius 1 is 1.05 bits per heavy atom. The van der Waals surface area contributed by atoms with E-state index in [2.05, 4.69) is 19.2 Å². The zero-order valence-electron chi connectivity index (χ0n) is 14.7. The van der Waals surface area contributed by atoms with Crippen molar-refractivity contribution >= 4 is 0 Å². The Morgan fingerprint density at radius 3 is 2.18 bits per heavy atom. The van der Waals surface area contributed by atoms with Gasteiger partial charge in [-0.3, -0.25) is 0 Å². The monoisotopic (exact) mass is 314 g/mol. The van der Waals surface area contributed by atoms with Gasteiger partial charge in [0.15, 0.2) is 0 Å². The van der Waals surface area contributed by atoms with Crippen molar-refractivity contribution in [2.75, 3.05) is 19.8 Å². The first kappa shape index (κ1) is 19.9. The molecular formula is C18H38N2O2. The predicted octanol–water partition coefficient (Wildman–Crippen LogP) is 2.83. The summed E-state index contributed by atoms with van der Waals surface area (Å²) in [4.78, 5) is 0. The highest BCUT2D eigenvalue weighted by atomic mass is 16.5. The Morgan fingerprint density at radius 2 is 1.64 bits per heavy atom. The summed E-state index contributed by atoms with van der Waals surface area (Å²) >= 11 is 0. The molecule has 4 N–H and O–H groups in total. The Kier molecular flexibility index (Phi) is 11.1. The average Bonchev–Trinajstić information content (AvgIpc) is 2.80. The van der Waals surface area contributed by atoms with Gasteiger partial charge in [-0.05, 0) is 18.8 Å². The second kappa shape index (κ2) is 12.3. The van der Waals surface area contributed by atoms with Crippen molar-refractivity contribution in [3.05, 3.63) is 0 Å². The summed E-state index contributed by atoms with van der Waals surface area (Å²) < 4.78 is 5.58. The van der Waals surface area contributed by atoms with E-state index in [1.165, 1.54) is 51.4 Å². The highest BCUT2D eigenvalue weighted by molar-refractivity contribution is 4.92. The van der Waals surface area contributed by atoms with Gasteiger partial charge in [0, 0.05) is 31.8 Å². The molecule has 0 bridgehead atoms. The van der Waals surface area contributed by atoms with E-state index >= 15 is 0 Å². The van der Waals surface area contributed by atoms with Crippen LogP contribution in [0.1, 0.15) is 71.6 Å². The number of rotatable bonds is 13. The van der Waals surface area contributed by atoms with Gasteiger partial charge in [-0.25, -0.2) is 0 Å². The van der Waals surface area contributed by atoms with Crippen LogP contribution in [-0.2, 0) is 4.74 Å². The third kappa shape index (κ3) is 9.09. The zero-order chi connectivity index (χ0) is 16.2. The van der Waals surface area contributed by atoms with Crippen LogP contribution in [0.4, 0.5) is 0 Å². The summed E-state index contributed by atoms with van der Waals surface area (Å²) in [6.07, 6.45) is 11.0. The SMILES string of the molecule is CC(C)COCCCCCCCCCC[C@H]1NC[C@H](N)[C@@H]1O. The number of unbranched alkanes of at least 4 members (excludes halogenated alkanes) is 7. The molecular weight excluding hydrogens is 276 g/mol. The number of aliphatic hydroxyl groups is 1. The fourth-order valence-corrected chi connectivity index (χ4v) is 3.05. The molecule has 1 rings (SSSR count). The molecule has 4 nitrogen and oxygen atoms in total. The molecule has 22 heavy (non-hydrogen) atoms. The Labute approximate surface area is 137 Å². The van der Waals surface area contributed by atoms with Gasteiger partial charge in [-0.1, -0.05) is 58.8 Å². The molecule has 1 fully saturated rings. The van der Waals surface area contributed by atoms with Gasteiger partial charge >= 0.3 is 0 Å². The summed E-state index contributed by atoms with van der Waals surface area (Å²) in [5, 5.41) is 13.2. The van der Waals surface area contributed by atoms with E-state index in [1.807, 2.05) is 0 Å². The molecule has 0 saturated carbocycles. The van der Waals surface area contributed by atoms with Gasteiger partial charge in [-0.15, -0.1) is 0 Å². The van der Waals surface area contributed by atoms with E-state index in [-0.39, 0.29) is 18.2 Å². The van der Waals surface area contributed by atoms with Crippen LogP contribution < -0.4 is 11.1 Å². The molecule has 0 aromatic heterocycles. The van der Waals surface area contributed by atoms with Crippen LogP contribution in [0.25, 0.3) is 0 Å². The minimum atomic E-state index is -0.349. The van der Waals surface area contributed by atoms with Crippen LogP contribution in [0.2, 0.25) is 0 Å². The first-order valence-corrected chi connectivity index (χ1v) is 9.36. The topological polar surface area (TPSA) is 67.5 Å². The fraction of sp³-hybridized carbons (Fsp3) is 1.00. The number of hydrogen-bond acceptors (Lipinski definition) is 4. The first-order valence-electron chi connectivity index (χ1n) is 9.36. The number of nitrogens with two attached hydrogens (primary N) is 1. The van der Waals surface area contributed by atoms with Crippen molar-refractivity contribution in [1.82, 2.24) is 5.32 Å². The summed E-state index contributed by atoms with van der Waals surface area (Å²) in [7, 11) is 0. The van der Waals surface area contributed by atoms with Crippen LogP contribution in [0.15, 0.2) is 0 Å². The van der Waals surface area contributed by atoms with E-state index in [0.29, 0.717) is 5.92 Å². The molecule has 4 heteroatoms. The van der Waals surface area contributed by atoms with Crippen LogP contribution in [0.3, 0.4) is 0 Å². The summed E-state index contributed by atoms with van der Waals surface area (Å²) in [6.45, 7) is 6.97. The molecule has 3 atom stereocenters. The molecule has 0 aliphatic carbocycles. The summed E-state index contributed by atoms with van der Waals surface area (Å²) in [6, 6.07) is 0.148. The molecule has 1 aliphatic rings. The Hall–Kier alpha value is -0.160. The van der Waals surface area contributed by atoms with Gasteiger partial charge < -0.3 is 20.9 Å². The van der Waals surface area contributed by atoms with Crippen molar-refractivity contribution in [1.29, 1.82) is 0 Å². The normalized spacial score (nSPS) is 25.2. The second-order valence-electron chi connectivity index (χ2n) is 7.26. The lowest BCUT2D eigenvalue weighted by Crippen LogP contribution is -2.37. The second-order valence-corrected chi connectivity index (χ2v) is 7.26. The molecule has 0 radical (unpaired) electrons. The van der Waals surface area contributed by atoms with E-state index in [0.717, 1.165) is 26.2 Å². The number of hydrogen-bond donors (Lipinski definition) is 3. The molecule has 0 aromatic carbocycles. The molecule has 1 aliphatic heterocycles. The standard InChI is InChI=1S/C18H38N2O2/c1-15(2)14-22-12-10-8-6-4-3-5-7-9-11-17-18(21)16(19)13-20-17/h15-18,20-21H,3-14,19H2,1-2H3/t16-,17+,18-/m0/s1. The maximum atomic E-state index is 9.85. The van der Waals surface area contributed by atoms with E-state index in [9.17, 15) is 5.11 Å². The van der Waals surface area contributed by atoms with Gasteiger partial charge in [0.2, 0.25) is 0 Å². The van der Waals surface area contributed by atoms with Crippen LogP contribution in [-0.4, -0.2) is 43.1 Å². The van der Waals surface area contributed by atoms with E-state index < -0.39 is 0 Å². The number of nitrogens with one attached hydrogen (secondary N) is 1. The lowest BCUT2D eigenvalue weighted by Gasteiger charge is -2.16. The molecule has 0 spiro atoms. The molecule has 0 unspecified atom stereocenters. The maximum Gasteiger partial charge on any atom is 0.0856 e. The Bertz CT molecular complexity index is 261. The Balaban J connectivity index is 1.77. The van der Waals surface area contributed by atoms with Crippen molar-refractivity contribution < 1.29 is 9.84 Å². The molecule has 1 saturated heterocycles. The zero-order valence-corrected chi connectivity index (χ0v) is 14.7. The van der Waals surface area contributed by atoms with Crippen molar-refractivity contribution in [2.24, 2.45) is 11.7 Å². The van der Waals surface area contributed by atoms with E-state index in [1.54, 1.807) is 0 Å². The third-order valence-corrected chi connectivity index (χ3v) is 4.47. The minimum Gasteiger partial charge on any atom is -0.390 e. The van der Waals surface area contributed by atoms with Crippen molar-refractivity contribution in [2.45, 2.75) is 89.8 Å². The first-order chi connectivity index (χ1) is 10.6. The lowest BCUT2D eigenvalue weighted by atomic mass is 10.0. The van der Waals surface area contributed by atoms with Crippen molar-refractivity contribution in [3.8, 4) is 0 Å². The summed E-state index contributed by atoms with van der Waals surface area (Å²) in [5.41, 5.74) is 5.79. The van der Waals surface area contributed by atoms with Gasteiger partial charge in [0.25, 0.3) is 0 Å². The summed E-state index contributed by atoms with van der Waals surface area (Å²) in [5.74, 6) is 0.649. The van der Waals surface area contributed by atoms with Crippen molar-refractivity contribution in [3.63, 3.8) is 0 Å². The number of ether oxygens (including phenoxy) is 1. The minimum absolute atomic E-state index is 0.0745. The average molecular weight is 315 g/mol. The smallest absolute Gasteiger partial charge is 0.0856 e. The van der Waals surface area contributed by atoms with Gasteiger partial charge in [0.05, 0.1) is 6.10 Å². The molecule has 132 valence electrons. The highest BCUT2D eigenvalue weighted by Gasteiger charge is 2.30. The van der Waals surface area contributed by atoms with Gasteiger partial charge in [0.1, 0.15) is 0 Å². The lowest BCUT2D eigenvalue weighted by molar-refractivity contribution is 0.106. The quantitative estimate of drug-likeness (QED) is 0.457. The van der Waals surface area contributed by atoms with Crippen LogP contribution in [0.5, 0.6) is 0 Å². The third-order valence-electron chi connectivity index (χ3n) is 4.47. The van der Waals surface area contributed by atoms with Gasteiger partial charge in [-0.2, -0.15) is 0 Å². The number of aliphatic hydroxyl groups excluding tert-OH is 1. The predicted molar refractivity (Wildman–Crippen MR) is 93.0 cm³/mol. The fourth-order valence-electron chi connectivity index (χ4n) is 3.05. The van der Waals surface area contributed by atoms with Crippen LogP contribution >= 0.6 is 0 Å². The highest BCUT2D eigenvalue weighted by Crippen LogP contribution is 2.15. The van der Waals surface area contributed by atoms with E-state index in [4.69, 9.17) is 10.5 Å². The van der Waals surface area contributed by atoms with Crippen LogP contribution in [0, 0.1) is 5.92 Å². The molecule has 0 aromatic rings. The largest absolute Gasteiger partial charge is 0.390 e. The molecule has 0 amide bonds. The molecule has 1 heterocycles.